The first-order valence-corrected chi connectivity index (χ1v) is 11.8. The number of Topliss-reactive ketones (excluding diaryl/α,β-unsaturated/α-hetero) is 1. The first-order chi connectivity index (χ1) is 15.2. The number of ketones is 1. The van der Waals surface area contributed by atoms with Crippen molar-refractivity contribution in [2.45, 2.75) is 18.2 Å². The minimum atomic E-state index is -3.85. The summed E-state index contributed by atoms with van der Waals surface area (Å²) in [7, 11) is -2.46. The molecule has 3 rings (SSSR count). The van der Waals surface area contributed by atoms with Crippen LogP contribution in [0.4, 0.5) is 5.69 Å². The molecule has 1 aliphatic heterocycles. The molecule has 0 radical (unpaired) electrons. The van der Waals surface area contributed by atoms with Gasteiger partial charge in [0.2, 0.25) is 15.9 Å². The fraction of sp³-hybridized carbons (Fsp3) is 0.348. The van der Waals surface area contributed by atoms with E-state index in [0.29, 0.717) is 30.8 Å². The van der Waals surface area contributed by atoms with Gasteiger partial charge >= 0.3 is 0 Å². The molecule has 1 amide bonds. The molecule has 0 aliphatic carbocycles. The molecular formula is C23H26N4O4S. The van der Waals surface area contributed by atoms with E-state index in [9.17, 15) is 18.0 Å². The number of amides is 1. The Morgan fingerprint density at radius 3 is 2.25 bits per heavy atom. The first-order valence-electron chi connectivity index (χ1n) is 10.3. The average Bonchev–Trinajstić information content (AvgIpc) is 3.05. The second-order valence-electron chi connectivity index (χ2n) is 7.72. The fourth-order valence-electron chi connectivity index (χ4n) is 3.59. The predicted octanol–water partition coefficient (Wildman–Crippen LogP) is 2.12. The van der Waals surface area contributed by atoms with Crippen LogP contribution in [0.25, 0.3) is 0 Å². The number of hydrogen-bond acceptors (Lipinski definition) is 6. The van der Waals surface area contributed by atoms with E-state index in [1.165, 1.54) is 38.2 Å². The van der Waals surface area contributed by atoms with Gasteiger partial charge in [-0.2, -0.15) is 9.57 Å². The summed E-state index contributed by atoms with van der Waals surface area (Å²) >= 11 is 0. The highest BCUT2D eigenvalue weighted by Crippen LogP contribution is 2.19. The molecule has 0 unspecified atom stereocenters. The SMILES string of the molecule is CC(=O)c1ccc(S(=O)(=O)N(C)CC(=O)N2CCCN(c3ccc(C#N)cc3)CC2)cc1. The monoisotopic (exact) mass is 454 g/mol. The van der Waals surface area contributed by atoms with E-state index in [0.717, 1.165) is 23.0 Å². The van der Waals surface area contributed by atoms with Crippen LogP contribution < -0.4 is 4.90 Å². The molecule has 0 saturated carbocycles. The Bertz CT molecular complexity index is 1120. The van der Waals surface area contributed by atoms with Gasteiger partial charge in [-0.05, 0) is 49.7 Å². The van der Waals surface area contributed by atoms with E-state index in [1.54, 1.807) is 17.0 Å². The third-order valence-corrected chi connectivity index (χ3v) is 7.35. The van der Waals surface area contributed by atoms with Crippen LogP contribution in [0.1, 0.15) is 29.3 Å². The topological polar surface area (TPSA) is 102 Å². The zero-order valence-electron chi connectivity index (χ0n) is 18.2. The van der Waals surface area contributed by atoms with Crippen molar-refractivity contribution in [3.8, 4) is 6.07 Å². The third-order valence-electron chi connectivity index (χ3n) is 5.54. The van der Waals surface area contributed by atoms with Crippen molar-refractivity contribution in [3.63, 3.8) is 0 Å². The van der Waals surface area contributed by atoms with Crippen molar-refractivity contribution >= 4 is 27.4 Å². The molecule has 2 aromatic rings. The smallest absolute Gasteiger partial charge is 0.243 e. The van der Waals surface area contributed by atoms with Crippen molar-refractivity contribution in [2.24, 2.45) is 0 Å². The van der Waals surface area contributed by atoms with Crippen molar-refractivity contribution in [1.82, 2.24) is 9.21 Å². The molecule has 1 fully saturated rings. The Kier molecular flexibility index (Phi) is 7.28. The van der Waals surface area contributed by atoms with Gasteiger partial charge in [-0.15, -0.1) is 0 Å². The van der Waals surface area contributed by atoms with Crippen LogP contribution in [0.15, 0.2) is 53.4 Å². The second kappa shape index (κ2) is 9.94. The predicted molar refractivity (Wildman–Crippen MR) is 121 cm³/mol. The van der Waals surface area contributed by atoms with E-state index in [-0.39, 0.29) is 23.1 Å². The minimum absolute atomic E-state index is 0.0423. The number of sulfonamides is 1. The molecule has 32 heavy (non-hydrogen) atoms. The maximum Gasteiger partial charge on any atom is 0.243 e. The van der Waals surface area contributed by atoms with Crippen LogP contribution in [-0.4, -0.2) is 69.1 Å². The maximum absolute atomic E-state index is 12.8. The molecular weight excluding hydrogens is 428 g/mol. The summed E-state index contributed by atoms with van der Waals surface area (Å²) in [6.45, 7) is 3.59. The lowest BCUT2D eigenvalue weighted by atomic mass is 10.2. The van der Waals surface area contributed by atoms with Crippen molar-refractivity contribution in [2.75, 3.05) is 44.7 Å². The number of rotatable bonds is 6. The fourth-order valence-corrected chi connectivity index (χ4v) is 4.71. The molecule has 0 spiro atoms. The highest BCUT2D eigenvalue weighted by Gasteiger charge is 2.26. The Labute approximate surface area is 188 Å². The quantitative estimate of drug-likeness (QED) is 0.620. The summed E-state index contributed by atoms with van der Waals surface area (Å²) in [5.41, 5.74) is 2.02. The van der Waals surface area contributed by atoms with Gasteiger partial charge in [0.1, 0.15) is 0 Å². The van der Waals surface area contributed by atoms with Crippen LogP contribution in [0.3, 0.4) is 0 Å². The normalized spacial score (nSPS) is 14.7. The van der Waals surface area contributed by atoms with Gasteiger partial charge in [-0.3, -0.25) is 9.59 Å². The lowest BCUT2D eigenvalue weighted by Crippen LogP contribution is -2.42. The molecule has 2 aromatic carbocycles. The number of nitriles is 1. The Morgan fingerprint density at radius 1 is 1.00 bits per heavy atom. The summed E-state index contributed by atoms with van der Waals surface area (Å²) in [6.07, 6.45) is 0.759. The van der Waals surface area contributed by atoms with E-state index in [2.05, 4.69) is 11.0 Å². The molecule has 8 nitrogen and oxygen atoms in total. The van der Waals surface area contributed by atoms with Crippen LogP contribution in [-0.2, 0) is 14.8 Å². The van der Waals surface area contributed by atoms with Crippen molar-refractivity contribution in [3.05, 3.63) is 59.7 Å². The van der Waals surface area contributed by atoms with Gasteiger partial charge < -0.3 is 9.80 Å². The minimum Gasteiger partial charge on any atom is -0.370 e. The zero-order chi connectivity index (χ0) is 23.3. The molecule has 9 heteroatoms. The molecule has 0 N–H and O–H groups in total. The van der Waals surface area contributed by atoms with Gasteiger partial charge in [-0.1, -0.05) is 12.1 Å². The number of anilines is 1. The molecule has 1 heterocycles. The summed E-state index contributed by atoms with van der Waals surface area (Å²) in [5.74, 6) is -0.396. The standard InChI is InChI=1S/C23H26N4O4S/c1-18(28)20-6-10-22(11-7-20)32(30,31)25(2)17-23(29)27-13-3-12-26(14-15-27)21-8-4-19(16-24)5-9-21/h4-11H,3,12-15,17H2,1-2H3. The second-order valence-corrected chi connectivity index (χ2v) is 9.77. The Morgan fingerprint density at radius 2 is 1.66 bits per heavy atom. The summed E-state index contributed by atoms with van der Waals surface area (Å²) in [6, 6.07) is 15.1. The van der Waals surface area contributed by atoms with Gasteiger partial charge in [0.25, 0.3) is 0 Å². The maximum atomic E-state index is 12.8. The molecule has 168 valence electrons. The van der Waals surface area contributed by atoms with E-state index in [4.69, 9.17) is 5.26 Å². The average molecular weight is 455 g/mol. The van der Waals surface area contributed by atoms with Gasteiger partial charge in [-0.25, -0.2) is 8.42 Å². The zero-order valence-corrected chi connectivity index (χ0v) is 19.0. The number of benzene rings is 2. The van der Waals surface area contributed by atoms with Crippen LogP contribution in [0.5, 0.6) is 0 Å². The van der Waals surface area contributed by atoms with Crippen molar-refractivity contribution in [1.29, 1.82) is 5.26 Å². The first kappa shape index (κ1) is 23.4. The van der Waals surface area contributed by atoms with Crippen LogP contribution >= 0.6 is 0 Å². The molecule has 1 aliphatic rings. The van der Waals surface area contributed by atoms with E-state index in [1.807, 2.05) is 12.1 Å². The lowest BCUT2D eigenvalue weighted by molar-refractivity contribution is -0.131. The van der Waals surface area contributed by atoms with Crippen molar-refractivity contribution < 1.29 is 18.0 Å². The molecule has 1 saturated heterocycles. The van der Waals surface area contributed by atoms with Gasteiger partial charge in [0.05, 0.1) is 23.1 Å². The van der Waals surface area contributed by atoms with Gasteiger partial charge in [0, 0.05) is 44.5 Å². The number of likely N-dealkylation sites (N-methyl/N-ethyl adjacent to an activating group) is 1. The number of carbonyl (C=O) groups is 2. The number of hydrogen-bond donors (Lipinski definition) is 0. The van der Waals surface area contributed by atoms with Crippen LogP contribution in [0.2, 0.25) is 0 Å². The van der Waals surface area contributed by atoms with Gasteiger partial charge in [0.15, 0.2) is 5.78 Å². The molecule has 0 aromatic heterocycles. The summed E-state index contributed by atoms with van der Waals surface area (Å²) in [5, 5.41) is 8.95. The summed E-state index contributed by atoms with van der Waals surface area (Å²) in [4.78, 5) is 28.1. The Hall–Kier alpha value is -3.22. The summed E-state index contributed by atoms with van der Waals surface area (Å²) < 4.78 is 26.7. The number of carbonyl (C=O) groups excluding carboxylic acids is 2. The molecule has 0 bridgehead atoms. The number of nitrogens with zero attached hydrogens (tertiary/aromatic N) is 4. The highest BCUT2D eigenvalue weighted by atomic mass is 32.2. The van der Waals surface area contributed by atoms with E-state index < -0.39 is 10.0 Å². The lowest BCUT2D eigenvalue weighted by Gasteiger charge is -2.25. The van der Waals surface area contributed by atoms with Crippen LogP contribution in [0, 0.1) is 11.3 Å². The third kappa shape index (κ3) is 5.33. The highest BCUT2D eigenvalue weighted by molar-refractivity contribution is 7.89. The largest absolute Gasteiger partial charge is 0.370 e. The van der Waals surface area contributed by atoms with E-state index >= 15 is 0 Å². The Balaban J connectivity index is 1.62. The molecule has 0 atom stereocenters.